The highest BCUT2D eigenvalue weighted by Crippen LogP contribution is 2.40. The van der Waals surface area contributed by atoms with E-state index in [0.717, 1.165) is 35.3 Å². The summed E-state index contributed by atoms with van der Waals surface area (Å²) in [5.74, 6) is -0.160. The van der Waals surface area contributed by atoms with Crippen molar-refractivity contribution in [3.8, 4) is 5.75 Å². The van der Waals surface area contributed by atoms with E-state index in [0.29, 0.717) is 27.5 Å². The number of amides is 1. The Morgan fingerprint density at radius 2 is 2.09 bits per heavy atom. The predicted octanol–water partition coefficient (Wildman–Crippen LogP) is 4.75. The molecule has 1 N–H and O–H groups in total. The van der Waals surface area contributed by atoms with Gasteiger partial charge in [0, 0.05) is 22.4 Å². The van der Waals surface area contributed by atoms with Crippen LogP contribution in [-0.4, -0.2) is 25.6 Å². The molecule has 1 amide bonds. The first kappa shape index (κ1) is 22.4. The molecular formula is C23H22ClNO6S. The minimum absolute atomic E-state index is 0.218. The van der Waals surface area contributed by atoms with Gasteiger partial charge in [-0.2, -0.15) is 0 Å². The van der Waals surface area contributed by atoms with E-state index in [4.69, 9.17) is 25.5 Å². The summed E-state index contributed by atoms with van der Waals surface area (Å²) in [5, 5.41) is 4.23. The van der Waals surface area contributed by atoms with Crippen molar-refractivity contribution in [1.29, 1.82) is 0 Å². The first-order valence-corrected chi connectivity index (χ1v) is 11.4. The molecular weight excluding hydrogens is 454 g/mol. The number of rotatable bonds is 5. The second kappa shape index (κ2) is 8.96. The van der Waals surface area contributed by atoms with Gasteiger partial charge < -0.3 is 19.2 Å². The van der Waals surface area contributed by atoms with Crippen molar-refractivity contribution >= 4 is 50.8 Å². The highest BCUT2D eigenvalue weighted by Gasteiger charge is 2.29. The van der Waals surface area contributed by atoms with Crippen LogP contribution in [0, 0.1) is 12.8 Å². The highest BCUT2D eigenvalue weighted by atomic mass is 35.5. The molecule has 9 heteroatoms. The number of benzene rings is 1. The molecule has 7 nitrogen and oxygen atoms in total. The Kier molecular flexibility index (Phi) is 6.26. The molecule has 0 saturated carbocycles. The van der Waals surface area contributed by atoms with Crippen LogP contribution in [0.5, 0.6) is 5.75 Å². The lowest BCUT2D eigenvalue weighted by Gasteiger charge is -2.18. The number of ether oxygens (including phenoxy) is 2. The molecule has 1 atom stereocenters. The van der Waals surface area contributed by atoms with Gasteiger partial charge in [0.15, 0.2) is 6.61 Å². The Labute approximate surface area is 193 Å². The number of hydrogen-bond donors (Lipinski definition) is 1. The normalized spacial score (nSPS) is 15.3. The maximum Gasteiger partial charge on any atom is 0.341 e. The van der Waals surface area contributed by atoms with E-state index in [1.807, 2.05) is 0 Å². The fourth-order valence-electron chi connectivity index (χ4n) is 3.89. The third-order valence-corrected chi connectivity index (χ3v) is 6.98. The van der Waals surface area contributed by atoms with Crippen LogP contribution in [0.15, 0.2) is 27.4 Å². The number of carbonyl (C=O) groups is 2. The van der Waals surface area contributed by atoms with Crippen LogP contribution in [-0.2, 0) is 22.4 Å². The van der Waals surface area contributed by atoms with E-state index in [9.17, 15) is 14.4 Å². The van der Waals surface area contributed by atoms with Crippen LogP contribution in [0.1, 0.15) is 39.7 Å². The molecule has 0 spiro atoms. The number of hydrogen-bond acceptors (Lipinski definition) is 7. The fourth-order valence-corrected chi connectivity index (χ4v) is 5.53. The van der Waals surface area contributed by atoms with Crippen molar-refractivity contribution in [1.82, 2.24) is 0 Å². The topological polar surface area (TPSA) is 94.8 Å². The first-order valence-electron chi connectivity index (χ1n) is 10.2. The number of fused-ring (bicyclic) bond motifs is 2. The zero-order chi connectivity index (χ0) is 23.0. The van der Waals surface area contributed by atoms with Crippen LogP contribution >= 0.6 is 22.9 Å². The lowest BCUT2D eigenvalue weighted by Crippen LogP contribution is -2.21. The van der Waals surface area contributed by atoms with Gasteiger partial charge in [0.2, 0.25) is 0 Å². The van der Waals surface area contributed by atoms with Crippen LogP contribution in [0.3, 0.4) is 0 Å². The average molecular weight is 476 g/mol. The van der Waals surface area contributed by atoms with Crippen molar-refractivity contribution in [3.05, 3.63) is 55.2 Å². The number of halogens is 1. The van der Waals surface area contributed by atoms with Gasteiger partial charge in [-0.1, -0.05) is 18.5 Å². The number of thiophene rings is 1. The third-order valence-electron chi connectivity index (χ3n) is 5.52. The molecule has 4 rings (SSSR count). The fraction of sp³-hybridized carbons (Fsp3) is 0.348. The molecule has 0 radical (unpaired) electrons. The van der Waals surface area contributed by atoms with Crippen LogP contribution < -0.4 is 15.7 Å². The van der Waals surface area contributed by atoms with Gasteiger partial charge in [-0.3, -0.25) is 4.79 Å². The molecule has 0 aliphatic heterocycles. The van der Waals surface area contributed by atoms with Crippen LogP contribution in [0.25, 0.3) is 11.0 Å². The smallest absolute Gasteiger partial charge is 0.341 e. The standard InChI is InChI=1S/C23H22ClNO6S/c1-11-4-5-13-18(6-11)32-22(21(13)23(28)29-3)25-19(26)10-30-17-9-16-14(8-15(17)24)12(2)7-20(27)31-16/h7-9,11H,4-6,10H2,1-3H3,(H,25,26). The molecule has 1 aliphatic rings. The van der Waals surface area contributed by atoms with Crippen LogP contribution in [0.2, 0.25) is 5.02 Å². The number of carbonyl (C=O) groups excluding carboxylic acids is 2. The molecule has 2 heterocycles. The predicted molar refractivity (Wildman–Crippen MR) is 123 cm³/mol. The maximum atomic E-state index is 12.6. The molecule has 0 saturated heterocycles. The van der Waals surface area contributed by atoms with Crippen molar-refractivity contribution in [2.75, 3.05) is 19.0 Å². The SMILES string of the molecule is COC(=O)c1c(NC(=O)COc2cc3oc(=O)cc(C)c3cc2Cl)sc2c1CCC(C)C2. The number of nitrogens with one attached hydrogen (secondary N) is 1. The summed E-state index contributed by atoms with van der Waals surface area (Å²) in [7, 11) is 1.33. The van der Waals surface area contributed by atoms with E-state index in [-0.39, 0.29) is 17.4 Å². The van der Waals surface area contributed by atoms with E-state index in [1.54, 1.807) is 13.0 Å². The lowest BCUT2D eigenvalue weighted by atomic mass is 9.88. The van der Waals surface area contributed by atoms with Gasteiger partial charge in [0.1, 0.15) is 16.3 Å². The Morgan fingerprint density at radius 1 is 1.31 bits per heavy atom. The third kappa shape index (κ3) is 4.38. The quantitative estimate of drug-likeness (QED) is 0.423. The molecule has 0 fully saturated rings. The summed E-state index contributed by atoms with van der Waals surface area (Å²) >= 11 is 7.69. The van der Waals surface area contributed by atoms with Gasteiger partial charge in [0.05, 0.1) is 17.7 Å². The van der Waals surface area contributed by atoms with E-state index < -0.39 is 17.5 Å². The molecule has 1 aliphatic carbocycles. The molecule has 168 valence electrons. The summed E-state index contributed by atoms with van der Waals surface area (Å²) in [6.45, 7) is 3.62. The molecule has 32 heavy (non-hydrogen) atoms. The Hall–Kier alpha value is -2.84. The minimum atomic E-state index is -0.479. The summed E-state index contributed by atoms with van der Waals surface area (Å²) in [5.41, 5.74) is 1.96. The van der Waals surface area contributed by atoms with E-state index in [2.05, 4.69) is 12.2 Å². The van der Waals surface area contributed by atoms with Gasteiger partial charge >= 0.3 is 11.6 Å². The van der Waals surface area contributed by atoms with E-state index in [1.165, 1.54) is 30.6 Å². The monoisotopic (exact) mass is 475 g/mol. The number of aryl methyl sites for hydroxylation is 1. The molecule has 2 aromatic heterocycles. The molecule has 3 aromatic rings. The Morgan fingerprint density at radius 3 is 2.84 bits per heavy atom. The molecule has 1 unspecified atom stereocenters. The van der Waals surface area contributed by atoms with Crippen molar-refractivity contribution in [2.45, 2.75) is 33.1 Å². The second-order valence-corrected chi connectivity index (χ2v) is 9.42. The van der Waals surface area contributed by atoms with Gasteiger partial charge in [0.25, 0.3) is 5.91 Å². The minimum Gasteiger partial charge on any atom is -0.482 e. The maximum absolute atomic E-state index is 12.6. The molecule has 0 bridgehead atoms. The summed E-state index contributed by atoms with van der Waals surface area (Å²) in [4.78, 5) is 37.7. The number of esters is 1. The summed E-state index contributed by atoms with van der Waals surface area (Å²) < 4.78 is 15.7. The van der Waals surface area contributed by atoms with Crippen molar-refractivity contribution in [2.24, 2.45) is 5.92 Å². The summed E-state index contributed by atoms with van der Waals surface area (Å²) in [6.07, 6.45) is 2.63. The molecule has 1 aromatic carbocycles. The van der Waals surface area contributed by atoms with Gasteiger partial charge in [-0.15, -0.1) is 11.3 Å². The average Bonchev–Trinajstić information content (AvgIpc) is 3.08. The van der Waals surface area contributed by atoms with Gasteiger partial charge in [-0.25, -0.2) is 9.59 Å². The Balaban J connectivity index is 1.53. The largest absolute Gasteiger partial charge is 0.482 e. The first-order chi connectivity index (χ1) is 15.3. The van der Waals surface area contributed by atoms with E-state index >= 15 is 0 Å². The zero-order valence-electron chi connectivity index (χ0n) is 17.9. The Bertz CT molecular complexity index is 1280. The highest BCUT2D eigenvalue weighted by molar-refractivity contribution is 7.17. The van der Waals surface area contributed by atoms with Crippen molar-refractivity contribution < 1.29 is 23.5 Å². The van der Waals surface area contributed by atoms with Gasteiger partial charge in [-0.05, 0) is 49.3 Å². The summed E-state index contributed by atoms with van der Waals surface area (Å²) in [6, 6.07) is 4.50. The van der Waals surface area contributed by atoms with Crippen molar-refractivity contribution in [3.63, 3.8) is 0 Å². The number of methoxy groups -OCH3 is 1. The lowest BCUT2D eigenvalue weighted by molar-refractivity contribution is -0.118. The number of anilines is 1. The zero-order valence-corrected chi connectivity index (χ0v) is 19.4. The second-order valence-electron chi connectivity index (χ2n) is 7.91. The van der Waals surface area contributed by atoms with Crippen LogP contribution in [0.4, 0.5) is 5.00 Å².